The predicted molar refractivity (Wildman–Crippen MR) is 60.0 cm³/mol. The monoisotopic (exact) mass is 223 g/mol. The number of nitrogens with zero attached hydrogens (tertiary/aromatic N) is 2. The summed E-state index contributed by atoms with van der Waals surface area (Å²) in [6.07, 6.45) is 1.39. The molecule has 0 saturated heterocycles. The van der Waals surface area contributed by atoms with E-state index in [1.807, 2.05) is 29.3 Å². The van der Waals surface area contributed by atoms with Crippen LogP contribution in [-0.2, 0) is 4.79 Å². The largest absolute Gasteiger partial charge is 0.315 e. The fourth-order valence-electron chi connectivity index (χ4n) is 1.43. The van der Waals surface area contributed by atoms with Crippen molar-refractivity contribution in [2.45, 2.75) is 6.42 Å². The van der Waals surface area contributed by atoms with Gasteiger partial charge in [0, 0.05) is 18.0 Å². The Hall–Kier alpha value is -1.55. The molecule has 15 heavy (non-hydrogen) atoms. The van der Waals surface area contributed by atoms with Gasteiger partial charge in [-0.15, -0.1) is 0 Å². The van der Waals surface area contributed by atoms with Crippen LogP contribution >= 0.6 is 11.6 Å². The number of hydrogen-bond donors (Lipinski definition) is 1. The molecule has 1 aliphatic rings. The minimum absolute atomic E-state index is 0.643. The topological polar surface area (TPSA) is 44.7 Å². The zero-order valence-corrected chi connectivity index (χ0v) is 8.74. The van der Waals surface area contributed by atoms with Gasteiger partial charge >= 0.3 is 0 Å². The highest BCUT2D eigenvalue weighted by molar-refractivity contribution is 6.30. The molecule has 1 aromatic carbocycles. The quantitative estimate of drug-likeness (QED) is 0.775. The third-order valence-electron chi connectivity index (χ3n) is 2.15. The third-order valence-corrected chi connectivity index (χ3v) is 2.40. The zero-order valence-electron chi connectivity index (χ0n) is 7.98. The van der Waals surface area contributed by atoms with Crippen molar-refractivity contribution in [2.75, 3.05) is 11.6 Å². The molecule has 0 atom stereocenters. The highest BCUT2D eigenvalue weighted by Crippen LogP contribution is 2.20. The predicted octanol–water partition coefficient (Wildman–Crippen LogP) is 1.61. The first kappa shape index (κ1) is 9.98. The second-order valence-electron chi connectivity index (χ2n) is 3.16. The van der Waals surface area contributed by atoms with Gasteiger partial charge in [0.15, 0.2) is 0 Å². The summed E-state index contributed by atoms with van der Waals surface area (Å²) in [7, 11) is 0. The Labute approximate surface area is 92.5 Å². The minimum atomic E-state index is 0.643. The molecule has 1 aromatic rings. The Balaban J connectivity index is 2.13. The molecule has 1 amide bonds. The number of hydrogen-bond acceptors (Lipinski definition) is 3. The molecule has 0 radical (unpaired) electrons. The van der Waals surface area contributed by atoms with Gasteiger partial charge in [-0.25, -0.2) is 0 Å². The molecule has 1 N–H and O–H groups in total. The van der Waals surface area contributed by atoms with Crippen LogP contribution in [0.15, 0.2) is 29.4 Å². The van der Waals surface area contributed by atoms with E-state index < -0.39 is 0 Å². The number of anilines is 1. The number of hydrazone groups is 1. The van der Waals surface area contributed by atoms with Gasteiger partial charge in [-0.05, 0) is 24.3 Å². The number of carbonyl (C=O) groups is 1. The summed E-state index contributed by atoms with van der Waals surface area (Å²) in [4.78, 5) is 10.2. The van der Waals surface area contributed by atoms with Crippen molar-refractivity contribution in [1.29, 1.82) is 0 Å². The molecular formula is C10H10ClN3O. The molecule has 0 aliphatic carbocycles. The molecular weight excluding hydrogens is 214 g/mol. The molecule has 2 rings (SSSR count). The van der Waals surface area contributed by atoms with Gasteiger partial charge in [0.2, 0.25) is 6.41 Å². The Bertz CT molecular complexity index is 388. The first-order chi connectivity index (χ1) is 7.29. The lowest BCUT2D eigenvalue weighted by Gasteiger charge is -2.12. The molecule has 1 aliphatic heterocycles. The molecule has 0 unspecified atom stereocenters. The van der Waals surface area contributed by atoms with Gasteiger partial charge in [-0.3, -0.25) is 9.80 Å². The minimum Gasteiger partial charge on any atom is -0.315 e. The molecule has 5 heteroatoms. The van der Waals surface area contributed by atoms with E-state index in [2.05, 4.69) is 10.4 Å². The van der Waals surface area contributed by atoms with Gasteiger partial charge in [-0.2, -0.15) is 5.10 Å². The van der Waals surface area contributed by atoms with E-state index in [1.54, 1.807) is 0 Å². The summed E-state index contributed by atoms with van der Waals surface area (Å²) in [5.41, 5.74) is 0.974. The third kappa shape index (κ3) is 2.27. The Kier molecular flexibility index (Phi) is 2.87. The van der Waals surface area contributed by atoms with Gasteiger partial charge in [0.05, 0.1) is 5.69 Å². The molecule has 78 valence electrons. The standard InChI is InChI=1S/C10H10ClN3O/c11-8-1-3-9(4-2-8)14-6-5-10(13-14)12-7-15/h1-4,7H,5-6H2,(H,12,13,15). The summed E-state index contributed by atoms with van der Waals surface area (Å²) in [6, 6.07) is 7.43. The van der Waals surface area contributed by atoms with Crippen LogP contribution in [0.5, 0.6) is 0 Å². The van der Waals surface area contributed by atoms with Gasteiger partial charge in [0.25, 0.3) is 0 Å². The molecule has 1 heterocycles. The summed E-state index contributed by atoms with van der Waals surface area (Å²) < 4.78 is 0. The van der Waals surface area contributed by atoms with Gasteiger partial charge in [-0.1, -0.05) is 11.6 Å². The molecule has 4 nitrogen and oxygen atoms in total. The van der Waals surface area contributed by atoms with Crippen LogP contribution in [0.2, 0.25) is 5.02 Å². The van der Waals surface area contributed by atoms with Gasteiger partial charge < -0.3 is 5.32 Å². The number of amidine groups is 1. The smallest absolute Gasteiger partial charge is 0.212 e. The summed E-state index contributed by atoms with van der Waals surface area (Å²) in [5.74, 6) is 0.694. The van der Waals surface area contributed by atoms with Crippen molar-refractivity contribution < 1.29 is 4.79 Å². The number of halogens is 1. The SMILES string of the molecule is O=CNC1=NN(c2ccc(Cl)cc2)CC1. The van der Waals surface area contributed by atoms with E-state index in [-0.39, 0.29) is 0 Å². The summed E-state index contributed by atoms with van der Waals surface area (Å²) >= 11 is 5.78. The maximum atomic E-state index is 10.2. The number of benzene rings is 1. The van der Waals surface area contributed by atoms with E-state index in [1.165, 1.54) is 0 Å². The van der Waals surface area contributed by atoms with Crippen LogP contribution in [0, 0.1) is 0 Å². The average molecular weight is 224 g/mol. The first-order valence-corrected chi connectivity index (χ1v) is 4.98. The van der Waals surface area contributed by atoms with Crippen LogP contribution in [0.4, 0.5) is 5.69 Å². The Morgan fingerprint density at radius 2 is 2.13 bits per heavy atom. The van der Waals surface area contributed by atoms with Crippen LogP contribution in [-0.4, -0.2) is 18.8 Å². The highest BCUT2D eigenvalue weighted by Gasteiger charge is 2.14. The second kappa shape index (κ2) is 4.31. The molecule has 0 fully saturated rings. The van der Waals surface area contributed by atoms with Crippen LogP contribution in [0.25, 0.3) is 0 Å². The fraction of sp³-hybridized carbons (Fsp3) is 0.200. The molecule has 0 bridgehead atoms. The summed E-state index contributed by atoms with van der Waals surface area (Å²) in [6.45, 7) is 0.776. The van der Waals surface area contributed by atoms with Crippen molar-refractivity contribution in [3.8, 4) is 0 Å². The molecule has 0 aromatic heterocycles. The van der Waals surface area contributed by atoms with Crippen molar-refractivity contribution in [3.05, 3.63) is 29.3 Å². The van der Waals surface area contributed by atoms with Gasteiger partial charge in [0.1, 0.15) is 5.84 Å². The Morgan fingerprint density at radius 1 is 1.40 bits per heavy atom. The number of amides is 1. The molecule has 0 spiro atoms. The van der Waals surface area contributed by atoms with E-state index in [0.717, 1.165) is 18.7 Å². The van der Waals surface area contributed by atoms with E-state index in [0.29, 0.717) is 17.3 Å². The van der Waals surface area contributed by atoms with E-state index in [9.17, 15) is 4.79 Å². The van der Waals surface area contributed by atoms with Crippen molar-refractivity contribution >= 4 is 29.5 Å². The van der Waals surface area contributed by atoms with E-state index in [4.69, 9.17) is 11.6 Å². The van der Waals surface area contributed by atoms with Crippen molar-refractivity contribution in [2.24, 2.45) is 5.10 Å². The summed E-state index contributed by atoms with van der Waals surface area (Å²) in [5, 5.41) is 9.34. The maximum Gasteiger partial charge on any atom is 0.212 e. The lowest BCUT2D eigenvalue weighted by atomic mass is 10.3. The van der Waals surface area contributed by atoms with Crippen LogP contribution < -0.4 is 10.3 Å². The maximum absolute atomic E-state index is 10.2. The average Bonchev–Trinajstić information content (AvgIpc) is 2.68. The lowest BCUT2D eigenvalue weighted by Crippen LogP contribution is -2.18. The van der Waals surface area contributed by atoms with Crippen LogP contribution in [0.3, 0.4) is 0 Å². The van der Waals surface area contributed by atoms with E-state index >= 15 is 0 Å². The second-order valence-corrected chi connectivity index (χ2v) is 3.59. The first-order valence-electron chi connectivity index (χ1n) is 4.60. The zero-order chi connectivity index (χ0) is 10.7. The Morgan fingerprint density at radius 3 is 2.80 bits per heavy atom. The van der Waals surface area contributed by atoms with Crippen LogP contribution in [0.1, 0.15) is 6.42 Å². The normalized spacial score (nSPS) is 15.0. The lowest BCUT2D eigenvalue weighted by molar-refractivity contribution is -0.108. The number of rotatable bonds is 2. The van der Waals surface area contributed by atoms with Crippen molar-refractivity contribution in [3.63, 3.8) is 0 Å². The number of carbonyl (C=O) groups excluding carboxylic acids is 1. The highest BCUT2D eigenvalue weighted by atomic mass is 35.5. The molecule has 0 saturated carbocycles. The van der Waals surface area contributed by atoms with Crippen molar-refractivity contribution in [1.82, 2.24) is 5.32 Å². The number of nitrogens with one attached hydrogen (secondary N) is 1. The fourth-order valence-corrected chi connectivity index (χ4v) is 1.55.